The van der Waals surface area contributed by atoms with Crippen molar-refractivity contribution in [2.75, 3.05) is 13.2 Å². The molecule has 0 aliphatic rings. The Balaban J connectivity index is 1.88. The summed E-state index contributed by atoms with van der Waals surface area (Å²) < 4.78 is 16.5. The second-order valence-electron chi connectivity index (χ2n) is 7.11. The maximum absolute atomic E-state index is 12.9. The molecule has 7 heteroatoms. The first-order valence-electron chi connectivity index (χ1n) is 9.87. The van der Waals surface area contributed by atoms with Gasteiger partial charge in [0.2, 0.25) is 0 Å². The van der Waals surface area contributed by atoms with Crippen molar-refractivity contribution in [1.29, 1.82) is 0 Å². The van der Waals surface area contributed by atoms with E-state index in [0.29, 0.717) is 41.7 Å². The fourth-order valence-electron chi connectivity index (χ4n) is 3.19. The molecule has 0 aliphatic carbocycles. The molecule has 1 amide bonds. The lowest BCUT2D eigenvalue weighted by atomic mass is 9.95. The van der Waals surface area contributed by atoms with Crippen molar-refractivity contribution in [2.24, 2.45) is 5.92 Å². The first-order valence-corrected chi connectivity index (χ1v) is 9.87. The van der Waals surface area contributed by atoms with Crippen LogP contribution in [-0.4, -0.2) is 29.3 Å². The second kappa shape index (κ2) is 8.94. The molecule has 2 aromatic heterocycles. The number of rotatable bonds is 8. The van der Waals surface area contributed by atoms with Gasteiger partial charge < -0.3 is 19.3 Å². The molecular formula is C22H27N3O4. The molecule has 0 aliphatic heterocycles. The van der Waals surface area contributed by atoms with Crippen LogP contribution in [-0.2, 0) is 0 Å². The summed E-state index contributed by atoms with van der Waals surface area (Å²) in [5, 5.41) is 7.74. The van der Waals surface area contributed by atoms with Gasteiger partial charge in [-0.3, -0.25) is 4.79 Å². The van der Waals surface area contributed by atoms with Crippen LogP contribution >= 0.6 is 0 Å². The summed E-state index contributed by atoms with van der Waals surface area (Å²) in [7, 11) is 0. The first-order chi connectivity index (χ1) is 13.9. The van der Waals surface area contributed by atoms with Crippen molar-refractivity contribution in [3.8, 4) is 11.5 Å². The third kappa shape index (κ3) is 4.50. The summed E-state index contributed by atoms with van der Waals surface area (Å²) in [5.74, 6) is 1.34. The molecule has 0 fully saturated rings. The molecule has 3 rings (SSSR count). The highest BCUT2D eigenvalue weighted by atomic mass is 16.5. The van der Waals surface area contributed by atoms with Gasteiger partial charge in [-0.2, -0.15) is 0 Å². The molecule has 7 nitrogen and oxygen atoms in total. The van der Waals surface area contributed by atoms with Crippen molar-refractivity contribution in [3.05, 3.63) is 47.3 Å². The van der Waals surface area contributed by atoms with E-state index in [2.05, 4.69) is 29.3 Å². The molecule has 0 saturated carbocycles. The Hall–Kier alpha value is -3.09. The zero-order chi connectivity index (χ0) is 21.0. The number of aryl methyl sites for hydroxylation is 1. The molecule has 2 heterocycles. The van der Waals surface area contributed by atoms with Gasteiger partial charge in [0.1, 0.15) is 0 Å². The number of hydrogen-bond donors (Lipinski definition) is 1. The van der Waals surface area contributed by atoms with Gasteiger partial charge in [0.05, 0.1) is 35.9 Å². The number of aromatic nitrogens is 2. The standard InChI is InChI=1S/C22H27N3O4/c1-6-27-18-9-8-15(11-19(18)28-7-2)20(13(3)4)24-21(26)16-10-17-14(5)25-29-22(17)23-12-16/h8-13,20H,6-7H2,1-5H3,(H,24,26). The fraction of sp³-hybridized carbons (Fsp3) is 0.409. The number of carbonyl (C=O) groups excluding carboxylic acids is 1. The fourth-order valence-corrected chi connectivity index (χ4v) is 3.19. The minimum absolute atomic E-state index is 0.167. The first kappa shape index (κ1) is 20.6. The van der Waals surface area contributed by atoms with Crippen molar-refractivity contribution in [2.45, 2.75) is 40.7 Å². The Kier molecular flexibility index (Phi) is 6.36. The van der Waals surface area contributed by atoms with E-state index >= 15 is 0 Å². The summed E-state index contributed by atoms with van der Waals surface area (Å²) >= 11 is 0. The zero-order valence-corrected chi connectivity index (χ0v) is 17.5. The molecule has 0 bridgehead atoms. The van der Waals surface area contributed by atoms with Crippen LogP contribution in [0.3, 0.4) is 0 Å². The van der Waals surface area contributed by atoms with Gasteiger partial charge in [-0.1, -0.05) is 25.1 Å². The van der Waals surface area contributed by atoms with E-state index in [1.807, 2.05) is 39.0 Å². The molecule has 0 spiro atoms. The molecule has 29 heavy (non-hydrogen) atoms. The van der Waals surface area contributed by atoms with E-state index in [4.69, 9.17) is 14.0 Å². The van der Waals surface area contributed by atoms with Gasteiger partial charge in [-0.15, -0.1) is 0 Å². The maximum Gasteiger partial charge on any atom is 0.257 e. The van der Waals surface area contributed by atoms with Crippen LogP contribution in [0.15, 0.2) is 35.0 Å². The van der Waals surface area contributed by atoms with E-state index in [1.54, 1.807) is 6.07 Å². The number of hydrogen-bond acceptors (Lipinski definition) is 6. The molecule has 1 N–H and O–H groups in total. The van der Waals surface area contributed by atoms with Crippen LogP contribution in [0.2, 0.25) is 0 Å². The monoisotopic (exact) mass is 397 g/mol. The van der Waals surface area contributed by atoms with E-state index in [-0.39, 0.29) is 17.9 Å². The predicted octanol–water partition coefficient (Wildman–Crippen LogP) is 4.46. The highest BCUT2D eigenvalue weighted by Crippen LogP contribution is 2.33. The van der Waals surface area contributed by atoms with Gasteiger partial charge >= 0.3 is 0 Å². The van der Waals surface area contributed by atoms with Crippen LogP contribution in [0.4, 0.5) is 0 Å². The third-order valence-electron chi connectivity index (χ3n) is 4.65. The number of benzene rings is 1. The van der Waals surface area contributed by atoms with E-state index in [1.165, 1.54) is 6.20 Å². The lowest BCUT2D eigenvalue weighted by Gasteiger charge is -2.24. The van der Waals surface area contributed by atoms with Gasteiger partial charge in [0.25, 0.3) is 11.6 Å². The molecule has 0 saturated heterocycles. The number of pyridine rings is 1. The molecule has 154 valence electrons. The van der Waals surface area contributed by atoms with E-state index < -0.39 is 0 Å². The third-order valence-corrected chi connectivity index (χ3v) is 4.65. The topological polar surface area (TPSA) is 86.5 Å². The lowest BCUT2D eigenvalue weighted by Crippen LogP contribution is -2.31. The number of nitrogens with zero attached hydrogens (tertiary/aromatic N) is 2. The quantitative estimate of drug-likeness (QED) is 0.604. The Morgan fingerprint density at radius 3 is 2.55 bits per heavy atom. The van der Waals surface area contributed by atoms with Crippen LogP contribution in [0.5, 0.6) is 11.5 Å². The van der Waals surface area contributed by atoms with Crippen molar-refractivity contribution < 1.29 is 18.8 Å². The Morgan fingerprint density at radius 2 is 1.86 bits per heavy atom. The number of ether oxygens (including phenoxy) is 2. The summed E-state index contributed by atoms with van der Waals surface area (Å²) in [6, 6.07) is 7.34. The lowest BCUT2D eigenvalue weighted by molar-refractivity contribution is 0.0925. The molecule has 1 unspecified atom stereocenters. The molecule has 0 radical (unpaired) electrons. The summed E-state index contributed by atoms with van der Waals surface area (Å²) in [4.78, 5) is 17.1. The number of amides is 1. The molecule has 1 atom stereocenters. The van der Waals surface area contributed by atoms with Crippen LogP contribution < -0.4 is 14.8 Å². The van der Waals surface area contributed by atoms with Crippen LogP contribution in [0.25, 0.3) is 11.1 Å². The highest BCUT2D eigenvalue weighted by molar-refractivity contribution is 5.97. The maximum atomic E-state index is 12.9. The Labute approximate surface area is 170 Å². The zero-order valence-electron chi connectivity index (χ0n) is 17.5. The van der Waals surface area contributed by atoms with Gasteiger partial charge in [0, 0.05) is 6.20 Å². The van der Waals surface area contributed by atoms with E-state index in [0.717, 1.165) is 10.9 Å². The van der Waals surface area contributed by atoms with Crippen molar-refractivity contribution in [1.82, 2.24) is 15.5 Å². The number of nitrogens with one attached hydrogen (secondary N) is 1. The normalized spacial score (nSPS) is 12.2. The SMILES string of the molecule is CCOc1ccc(C(NC(=O)c2cnc3onc(C)c3c2)C(C)C)cc1OCC. The smallest absolute Gasteiger partial charge is 0.257 e. The number of carbonyl (C=O) groups is 1. The summed E-state index contributed by atoms with van der Waals surface area (Å²) in [5.41, 5.74) is 2.55. The molecular weight excluding hydrogens is 370 g/mol. The molecule has 1 aromatic carbocycles. The predicted molar refractivity (Wildman–Crippen MR) is 110 cm³/mol. The largest absolute Gasteiger partial charge is 0.490 e. The Bertz CT molecular complexity index is 997. The van der Waals surface area contributed by atoms with Crippen LogP contribution in [0.1, 0.15) is 55.4 Å². The van der Waals surface area contributed by atoms with Gasteiger partial charge in [-0.05, 0) is 50.5 Å². The van der Waals surface area contributed by atoms with Gasteiger partial charge in [-0.25, -0.2) is 4.98 Å². The average molecular weight is 397 g/mol. The Morgan fingerprint density at radius 1 is 1.14 bits per heavy atom. The van der Waals surface area contributed by atoms with E-state index in [9.17, 15) is 4.79 Å². The van der Waals surface area contributed by atoms with Crippen LogP contribution in [0, 0.1) is 12.8 Å². The highest BCUT2D eigenvalue weighted by Gasteiger charge is 2.22. The second-order valence-corrected chi connectivity index (χ2v) is 7.11. The minimum Gasteiger partial charge on any atom is -0.490 e. The minimum atomic E-state index is -0.203. The van der Waals surface area contributed by atoms with Crippen molar-refractivity contribution >= 4 is 17.0 Å². The summed E-state index contributed by atoms with van der Waals surface area (Å²) in [6.07, 6.45) is 1.50. The summed E-state index contributed by atoms with van der Waals surface area (Å²) in [6.45, 7) is 10.9. The molecule has 3 aromatic rings. The van der Waals surface area contributed by atoms with Gasteiger partial charge in [0.15, 0.2) is 11.5 Å². The number of fused-ring (bicyclic) bond motifs is 1. The van der Waals surface area contributed by atoms with Crippen molar-refractivity contribution in [3.63, 3.8) is 0 Å². The average Bonchev–Trinajstić information content (AvgIpc) is 3.08.